The van der Waals surface area contributed by atoms with Crippen molar-refractivity contribution < 1.29 is 9.26 Å². The first kappa shape index (κ1) is 13.5. The van der Waals surface area contributed by atoms with Gasteiger partial charge in [0.2, 0.25) is 5.89 Å². The van der Waals surface area contributed by atoms with Crippen LogP contribution in [0.5, 0.6) is 5.75 Å². The molecule has 0 bridgehead atoms. The molecule has 0 aliphatic heterocycles. The molecule has 0 amide bonds. The maximum atomic E-state index is 5.22. The van der Waals surface area contributed by atoms with Crippen LogP contribution in [0, 0.1) is 6.92 Å². The Balaban J connectivity index is 1.85. The molecule has 1 atom stereocenters. The molecule has 0 spiro atoms. The molecule has 1 unspecified atom stereocenters. The van der Waals surface area contributed by atoms with Crippen molar-refractivity contribution in [1.82, 2.24) is 15.5 Å². The Labute approximate surface area is 113 Å². The summed E-state index contributed by atoms with van der Waals surface area (Å²) < 4.78 is 10.2. The largest absolute Gasteiger partial charge is 0.497 e. The Hall–Kier alpha value is -1.88. The summed E-state index contributed by atoms with van der Waals surface area (Å²) in [7, 11) is 1.68. The molecule has 0 fully saturated rings. The van der Waals surface area contributed by atoms with E-state index in [1.807, 2.05) is 18.2 Å². The molecule has 1 aromatic carbocycles. The Morgan fingerprint density at radius 1 is 1.42 bits per heavy atom. The van der Waals surface area contributed by atoms with E-state index in [2.05, 4.69) is 28.4 Å². The molecule has 5 nitrogen and oxygen atoms in total. The third kappa shape index (κ3) is 3.79. The van der Waals surface area contributed by atoms with Crippen LogP contribution in [-0.2, 0) is 6.42 Å². The molecular formula is C14H19N3O2. The van der Waals surface area contributed by atoms with Crippen LogP contribution in [0.4, 0.5) is 0 Å². The highest BCUT2D eigenvalue weighted by atomic mass is 16.5. The van der Waals surface area contributed by atoms with Gasteiger partial charge in [-0.15, -0.1) is 0 Å². The van der Waals surface area contributed by atoms with Crippen LogP contribution in [-0.4, -0.2) is 23.8 Å². The molecular weight excluding hydrogens is 242 g/mol. The fourth-order valence-corrected chi connectivity index (χ4v) is 1.87. The van der Waals surface area contributed by atoms with Gasteiger partial charge in [-0.2, -0.15) is 4.98 Å². The number of benzene rings is 1. The number of hydrogen-bond donors (Lipinski definition) is 1. The second kappa shape index (κ2) is 6.33. The lowest BCUT2D eigenvalue weighted by atomic mass is 10.1. The van der Waals surface area contributed by atoms with Gasteiger partial charge in [0.25, 0.3) is 0 Å². The Kier molecular flexibility index (Phi) is 4.52. The zero-order chi connectivity index (χ0) is 13.7. The first-order valence-corrected chi connectivity index (χ1v) is 6.35. The number of hydrogen-bond acceptors (Lipinski definition) is 5. The average molecular weight is 261 g/mol. The van der Waals surface area contributed by atoms with Gasteiger partial charge in [-0.1, -0.05) is 17.3 Å². The second-order valence-electron chi connectivity index (χ2n) is 4.43. The summed E-state index contributed by atoms with van der Waals surface area (Å²) in [6.07, 6.45) is 0.756. The van der Waals surface area contributed by atoms with E-state index >= 15 is 0 Å². The van der Waals surface area contributed by atoms with Crippen molar-refractivity contribution in [2.75, 3.05) is 13.7 Å². The summed E-state index contributed by atoms with van der Waals surface area (Å²) >= 11 is 0. The predicted octanol–water partition coefficient (Wildman–Crippen LogP) is 2.28. The van der Waals surface area contributed by atoms with Crippen molar-refractivity contribution in [3.63, 3.8) is 0 Å². The fourth-order valence-electron chi connectivity index (χ4n) is 1.87. The third-order valence-corrected chi connectivity index (χ3v) is 2.96. The van der Waals surface area contributed by atoms with E-state index in [-0.39, 0.29) is 6.04 Å². The van der Waals surface area contributed by atoms with Gasteiger partial charge in [0.05, 0.1) is 7.11 Å². The van der Waals surface area contributed by atoms with Gasteiger partial charge in [-0.3, -0.25) is 0 Å². The van der Waals surface area contributed by atoms with E-state index in [4.69, 9.17) is 9.26 Å². The van der Waals surface area contributed by atoms with Crippen molar-refractivity contribution in [3.05, 3.63) is 41.5 Å². The average Bonchev–Trinajstić information content (AvgIpc) is 2.84. The Morgan fingerprint density at radius 3 is 2.95 bits per heavy atom. The minimum Gasteiger partial charge on any atom is -0.497 e. The van der Waals surface area contributed by atoms with Crippen LogP contribution in [0.3, 0.4) is 0 Å². The van der Waals surface area contributed by atoms with Crippen molar-refractivity contribution in [2.24, 2.45) is 0 Å². The highest BCUT2D eigenvalue weighted by Crippen LogP contribution is 2.18. The number of rotatable bonds is 6. The van der Waals surface area contributed by atoms with E-state index < -0.39 is 0 Å². The van der Waals surface area contributed by atoms with Crippen molar-refractivity contribution in [3.8, 4) is 5.75 Å². The topological polar surface area (TPSA) is 60.2 Å². The first-order chi connectivity index (χ1) is 9.19. The molecule has 19 heavy (non-hydrogen) atoms. The predicted molar refractivity (Wildman–Crippen MR) is 72.2 cm³/mol. The molecule has 0 aliphatic rings. The Bertz CT molecular complexity index is 525. The van der Waals surface area contributed by atoms with Gasteiger partial charge in [-0.05, 0) is 24.6 Å². The zero-order valence-corrected chi connectivity index (χ0v) is 11.5. The third-order valence-electron chi connectivity index (χ3n) is 2.96. The fraction of sp³-hybridized carbons (Fsp3) is 0.429. The van der Waals surface area contributed by atoms with Crippen LogP contribution < -0.4 is 10.1 Å². The molecule has 102 valence electrons. The van der Waals surface area contributed by atoms with Crippen molar-refractivity contribution >= 4 is 0 Å². The summed E-state index contributed by atoms with van der Waals surface area (Å²) in [5.41, 5.74) is 1.20. The number of nitrogens with one attached hydrogen (secondary N) is 1. The smallest absolute Gasteiger partial charge is 0.223 e. The van der Waals surface area contributed by atoms with Gasteiger partial charge in [0.15, 0.2) is 5.82 Å². The van der Waals surface area contributed by atoms with E-state index in [9.17, 15) is 0 Å². The lowest BCUT2D eigenvalue weighted by Gasteiger charge is -2.14. The van der Waals surface area contributed by atoms with Crippen LogP contribution >= 0.6 is 0 Å². The maximum Gasteiger partial charge on any atom is 0.223 e. The second-order valence-corrected chi connectivity index (χ2v) is 4.43. The van der Waals surface area contributed by atoms with Gasteiger partial charge < -0.3 is 14.6 Å². The zero-order valence-electron chi connectivity index (χ0n) is 11.5. The van der Waals surface area contributed by atoms with Gasteiger partial charge in [0.1, 0.15) is 5.75 Å². The molecule has 2 aromatic rings. The van der Waals surface area contributed by atoms with Crippen LogP contribution in [0.25, 0.3) is 0 Å². The molecule has 0 saturated heterocycles. The molecule has 0 radical (unpaired) electrons. The first-order valence-electron chi connectivity index (χ1n) is 6.35. The highest BCUT2D eigenvalue weighted by Gasteiger charge is 2.07. The minimum absolute atomic E-state index is 0.253. The van der Waals surface area contributed by atoms with Crippen LogP contribution in [0.2, 0.25) is 0 Å². The summed E-state index contributed by atoms with van der Waals surface area (Å²) in [6.45, 7) is 4.72. The van der Waals surface area contributed by atoms with Crippen molar-refractivity contribution in [2.45, 2.75) is 26.3 Å². The molecule has 1 heterocycles. The quantitative estimate of drug-likeness (QED) is 0.864. The SMILES string of the molecule is COc1cccc(C(C)NCCc2noc(C)n2)c1. The van der Waals surface area contributed by atoms with Gasteiger partial charge >= 0.3 is 0 Å². The molecule has 0 aliphatic carbocycles. The van der Waals surface area contributed by atoms with Crippen LogP contribution in [0.15, 0.2) is 28.8 Å². The number of nitrogens with zero attached hydrogens (tertiary/aromatic N) is 2. The van der Waals surface area contributed by atoms with Gasteiger partial charge in [0, 0.05) is 25.9 Å². The lowest BCUT2D eigenvalue weighted by Crippen LogP contribution is -2.21. The molecule has 2 rings (SSSR count). The maximum absolute atomic E-state index is 5.22. The number of aryl methyl sites for hydroxylation is 1. The highest BCUT2D eigenvalue weighted by molar-refractivity contribution is 5.30. The van der Waals surface area contributed by atoms with Crippen LogP contribution in [0.1, 0.15) is 30.2 Å². The minimum atomic E-state index is 0.253. The van der Waals surface area contributed by atoms with E-state index in [1.165, 1.54) is 5.56 Å². The summed E-state index contributed by atoms with van der Waals surface area (Å²) in [5, 5.41) is 7.30. The summed E-state index contributed by atoms with van der Waals surface area (Å²) in [6, 6.07) is 8.31. The number of ether oxygens (including phenoxy) is 1. The summed E-state index contributed by atoms with van der Waals surface area (Å²) in [4.78, 5) is 4.17. The van der Waals surface area contributed by atoms with Crippen molar-refractivity contribution in [1.29, 1.82) is 0 Å². The molecule has 0 saturated carbocycles. The van der Waals surface area contributed by atoms with Gasteiger partial charge in [-0.25, -0.2) is 0 Å². The monoisotopic (exact) mass is 261 g/mol. The number of methoxy groups -OCH3 is 1. The molecule has 1 aromatic heterocycles. The Morgan fingerprint density at radius 2 is 2.26 bits per heavy atom. The number of aromatic nitrogens is 2. The van der Waals surface area contributed by atoms with E-state index in [0.717, 1.165) is 24.5 Å². The molecule has 1 N–H and O–H groups in total. The summed E-state index contributed by atoms with van der Waals surface area (Å²) in [5.74, 6) is 2.22. The lowest BCUT2D eigenvalue weighted by molar-refractivity contribution is 0.386. The standard InChI is InChI=1S/C14H19N3O2/c1-10(12-5-4-6-13(9-12)18-3)15-8-7-14-16-11(2)19-17-14/h4-6,9-10,15H,7-8H2,1-3H3. The normalized spacial score (nSPS) is 12.4. The van der Waals surface area contributed by atoms with E-state index in [1.54, 1.807) is 14.0 Å². The molecule has 5 heteroatoms. The van der Waals surface area contributed by atoms with E-state index in [0.29, 0.717) is 5.89 Å².